The van der Waals surface area contributed by atoms with Crippen molar-refractivity contribution >= 4 is 0 Å². The van der Waals surface area contributed by atoms with Gasteiger partial charge < -0.3 is 19.3 Å². The third-order valence-corrected chi connectivity index (χ3v) is 4.26. The van der Waals surface area contributed by atoms with Crippen molar-refractivity contribution in [2.45, 2.75) is 6.92 Å². The second-order valence-corrected chi connectivity index (χ2v) is 5.67. The fraction of sp³-hybridized carbons (Fsp3) is 0.588. The highest BCUT2D eigenvalue weighted by Gasteiger charge is 2.20. The Labute approximate surface area is 133 Å². The maximum atomic E-state index is 8.97. The normalized spacial score (nSPS) is 21.3. The van der Waals surface area contributed by atoms with Gasteiger partial charge in [0.1, 0.15) is 51.1 Å². The molecule has 0 unspecified atom stereocenters. The fourth-order valence-electron chi connectivity index (χ4n) is 2.77. The summed E-state index contributed by atoms with van der Waals surface area (Å²) < 4.78 is 11.2. The summed E-state index contributed by atoms with van der Waals surface area (Å²) in [5, 5.41) is 8.97. The predicted molar refractivity (Wildman–Crippen MR) is 84.3 cm³/mol. The number of benzene rings is 1. The van der Waals surface area contributed by atoms with Crippen molar-refractivity contribution in [3.05, 3.63) is 29.8 Å². The van der Waals surface area contributed by atoms with Gasteiger partial charge in [-0.05, 0) is 19.1 Å². The van der Waals surface area contributed by atoms with Gasteiger partial charge in [0.05, 0.1) is 25.3 Å². The summed E-state index contributed by atoms with van der Waals surface area (Å²) in [6.45, 7) is 11.5. The van der Waals surface area contributed by atoms with Crippen molar-refractivity contribution in [2.75, 3.05) is 59.1 Å². The van der Waals surface area contributed by atoms with Crippen LogP contribution in [0.2, 0.25) is 0 Å². The van der Waals surface area contributed by atoms with Gasteiger partial charge in [0, 0.05) is 0 Å². The molecule has 0 radical (unpaired) electrons. The van der Waals surface area contributed by atoms with Crippen molar-refractivity contribution in [1.29, 1.82) is 5.26 Å². The molecule has 22 heavy (non-hydrogen) atoms. The minimum Gasteiger partial charge on any atom is -0.490 e. The van der Waals surface area contributed by atoms with E-state index in [2.05, 4.69) is 13.0 Å². The van der Waals surface area contributed by atoms with Crippen molar-refractivity contribution in [2.24, 2.45) is 0 Å². The largest absolute Gasteiger partial charge is 0.490 e. The van der Waals surface area contributed by atoms with Gasteiger partial charge in [-0.2, -0.15) is 5.26 Å². The van der Waals surface area contributed by atoms with E-state index in [1.807, 2.05) is 18.2 Å². The SMILES string of the molecule is CC[NH+]1CC[NH+](CCOCCOc2ccccc2C#N)CC1. The molecular weight excluding hydrogens is 278 g/mol. The van der Waals surface area contributed by atoms with Gasteiger partial charge in [0.2, 0.25) is 0 Å². The lowest BCUT2D eigenvalue weighted by atomic mass is 10.2. The number of nitrogens with one attached hydrogen (secondary N) is 2. The summed E-state index contributed by atoms with van der Waals surface area (Å²) in [6.07, 6.45) is 0. The monoisotopic (exact) mass is 305 g/mol. The number of para-hydroxylation sites is 1. The Morgan fingerprint density at radius 3 is 2.50 bits per heavy atom. The van der Waals surface area contributed by atoms with Gasteiger partial charge >= 0.3 is 0 Å². The van der Waals surface area contributed by atoms with Crippen molar-refractivity contribution in [3.63, 3.8) is 0 Å². The molecule has 1 heterocycles. The first-order valence-electron chi connectivity index (χ1n) is 8.20. The van der Waals surface area contributed by atoms with Crippen LogP contribution in [0.15, 0.2) is 24.3 Å². The molecule has 5 heteroatoms. The molecule has 1 aliphatic rings. The second kappa shape index (κ2) is 9.42. The van der Waals surface area contributed by atoms with Gasteiger partial charge in [-0.1, -0.05) is 12.1 Å². The standard InChI is InChI=1S/C17H25N3O2/c1-2-19-7-9-20(10-8-19)11-12-21-13-14-22-17-6-4-3-5-16(17)15-18/h3-6H,2,7-14H2,1H3/p+2. The van der Waals surface area contributed by atoms with E-state index in [1.165, 1.54) is 32.7 Å². The van der Waals surface area contributed by atoms with E-state index in [-0.39, 0.29) is 0 Å². The van der Waals surface area contributed by atoms with Gasteiger partial charge in [0.25, 0.3) is 0 Å². The molecule has 0 amide bonds. The van der Waals surface area contributed by atoms with E-state index in [1.54, 1.807) is 15.9 Å². The molecule has 0 spiro atoms. The van der Waals surface area contributed by atoms with Crippen LogP contribution < -0.4 is 14.5 Å². The van der Waals surface area contributed by atoms with Crippen LogP contribution in [-0.2, 0) is 4.74 Å². The Bertz CT molecular complexity index is 479. The Morgan fingerprint density at radius 1 is 1.05 bits per heavy atom. The predicted octanol–water partition coefficient (Wildman–Crippen LogP) is -1.24. The van der Waals surface area contributed by atoms with Gasteiger partial charge in [0.15, 0.2) is 0 Å². The molecule has 1 saturated heterocycles. The third-order valence-electron chi connectivity index (χ3n) is 4.26. The first-order valence-corrected chi connectivity index (χ1v) is 8.20. The number of piperazine rings is 1. The van der Waals surface area contributed by atoms with Crippen LogP contribution in [-0.4, -0.2) is 59.1 Å². The molecular formula is C17H27N3O2+2. The molecule has 0 aromatic heterocycles. The van der Waals surface area contributed by atoms with Crippen LogP contribution in [0.25, 0.3) is 0 Å². The molecule has 2 rings (SSSR count). The van der Waals surface area contributed by atoms with Crippen molar-refractivity contribution in [1.82, 2.24) is 0 Å². The quantitative estimate of drug-likeness (QED) is 0.591. The molecule has 120 valence electrons. The molecule has 2 N–H and O–H groups in total. The summed E-state index contributed by atoms with van der Waals surface area (Å²) in [6, 6.07) is 9.42. The number of quaternary nitrogens is 2. The maximum Gasteiger partial charge on any atom is 0.137 e. The lowest BCUT2D eigenvalue weighted by molar-refractivity contribution is -1.01. The number of nitrogens with zero attached hydrogens (tertiary/aromatic N) is 1. The van der Waals surface area contributed by atoms with E-state index in [9.17, 15) is 0 Å². The molecule has 1 aromatic carbocycles. The van der Waals surface area contributed by atoms with E-state index in [0.29, 0.717) is 24.5 Å². The fourth-order valence-corrected chi connectivity index (χ4v) is 2.77. The molecule has 0 aliphatic carbocycles. The topological polar surface area (TPSA) is 51.1 Å². The zero-order chi connectivity index (χ0) is 15.6. The van der Waals surface area contributed by atoms with Crippen molar-refractivity contribution in [3.8, 4) is 11.8 Å². The minimum atomic E-state index is 0.488. The Kier molecular flexibility index (Phi) is 7.17. The maximum absolute atomic E-state index is 8.97. The van der Waals surface area contributed by atoms with Crippen LogP contribution >= 0.6 is 0 Å². The highest BCUT2D eigenvalue weighted by Crippen LogP contribution is 2.15. The molecule has 5 nitrogen and oxygen atoms in total. The molecule has 0 saturated carbocycles. The summed E-state index contributed by atoms with van der Waals surface area (Å²) >= 11 is 0. The smallest absolute Gasteiger partial charge is 0.137 e. The number of hydrogen-bond donors (Lipinski definition) is 2. The number of rotatable bonds is 8. The van der Waals surface area contributed by atoms with E-state index < -0.39 is 0 Å². The molecule has 0 atom stereocenters. The number of hydrogen-bond acceptors (Lipinski definition) is 3. The third kappa shape index (κ3) is 5.30. The first-order chi connectivity index (χ1) is 10.8. The number of ether oxygens (including phenoxy) is 2. The summed E-state index contributed by atoms with van der Waals surface area (Å²) in [5.74, 6) is 0.637. The lowest BCUT2D eigenvalue weighted by Gasteiger charge is -2.28. The van der Waals surface area contributed by atoms with Gasteiger partial charge in [-0.3, -0.25) is 0 Å². The van der Waals surface area contributed by atoms with Crippen LogP contribution in [0.5, 0.6) is 5.75 Å². The van der Waals surface area contributed by atoms with Gasteiger partial charge in [-0.15, -0.1) is 0 Å². The highest BCUT2D eigenvalue weighted by molar-refractivity contribution is 5.42. The first kappa shape index (κ1) is 16.8. The van der Waals surface area contributed by atoms with Crippen molar-refractivity contribution < 1.29 is 19.3 Å². The van der Waals surface area contributed by atoms with Crippen LogP contribution in [0, 0.1) is 11.3 Å². The molecule has 1 aliphatic heterocycles. The van der Waals surface area contributed by atoms with E-state index >= 15 is 0 Å². The Morgan fingerprint density at radius 2 is 1.77 bits per heavy atom. The molecule has 1 aromatic rings. The number of likely N-dealkylation sites (N-methyl/N-ethyl adjacent to an activating group) is 1. The van der Waals surface area contributed by atoms with E-state index in [0.717, 1.165) is 13.2 Å². The second-order valence-electron chi connectivity index (χ2n) is 5.67. The van der Waals surface area contributed by atoms with Crippen LogP contribution in [0.3, 0.4) is 0 Å². The minimum absolute atomic E-state index is 0.488. The summed E-state index contributed by atoms with van der Waals surface area (Å²) in [5.41, 5.74) is 0.572. The zero-order valence-corrected chi connectivity index (χ0v) is 13.4. The zero-order valence-electron chi connectivity index (χ0n) is 13.4. The average Bonchev–Trinajstić information content (AvgIpc) is 2.58. The van der Waals surface area contributed by atoms with Gasteiger partial charge in [-0.25, -0.2) is 0 Å². The lowest BCUT2D eigenvalue weighted by Crippen LogP contribution is -3.28. The highest BCUT2D eigenvalue weighted by atomic mass is 16.5. The molecule has 0 bridgehead atoms. The van der Waals surface area contributed by atoms with Crippen LogP contribution in [0.1, 0.15) is 12.5 Å². The summed E-state index contributed by atoms with van der Waals surface area (Å²) in [7, 11) is 0. The Balaban J connectivity index is 1.54. The molecule has 1 fully saturated rings. The average molecular weight is 305 g/mol. The number of nitriles is 1. The Hall–Kier alpha value is -1.61. The summed E-state index contributed by atoms with van der Waals surface area (Å²) in [4.78, 5) is 3.36. The van der Waals surface area contributed by atoms with Crippen LogP contribution in [0.4, 0.5) is 0 Å². The van der Waals surface area contributed by atoms with E-state index in [4.69, 9.17) is 14.7 Å².